The van der Waals surface area contributed by atoms with Crippen LogP contribution in [-0.4, -0.2) is 36.3 Å². The average molecular weight is 280 g/mol. The number of ether oxygens (including phenoxy) is 1. The quantitative estimate of drug-likeness (QED) is 0.681. The molecule has 3 N–H and O–H groups in total. The first kappa shape index (κ1) is 14.3. The van der Waals surface area contributed by atoms with Crippen molar-refractivity contribution in [3.63, 3.8) is 0 Å². The first-order chi connectivity index (χ1) is 9.55. The number of methoxy groups -OCH3 is 1. The number of benzene rings is 1. The van der Waals surface area contributed by atoms with Gasteiger partial charge in [-0.3, -0.25) is 9.78 Å². The second-order valence-electron chi connectivity index (χ2n) is 4.39. The van der Waals surface area contributed by atoms with E-state index in [-0.39, 0.29) is 6.42 Å². The van der Waals surface area contributed by atoms with Gasteiger partial charge < -0.3 is 19.6 Å². The summed E-state index contributed by atoms with van der Waals surface area (Å²) in [5.41, 5.74) is 1.46. The van der Waals surface area contributed by atoms with Gasteiger partial charge in [0.1, 0.15) is 0 Å². The fraction of sp³-hybridized carbons (Fsp3) is 0.385. The maximum Gasteiger partial charge on any atom is 0.417 e. The van der Waals surface area contributed by atoms with Gasteiger partial charge in [0.05, 0.1) is 25.2 Å². The van der Waals surface area contributed by atoms with Gasteiger partial charge in [0.2, 0.25) is 0 Å². The summed E-state index contributed by atoms with van der Waals surface area (Å²) >= 11 is 0. The highest BCUT2D eigenvalue weighted by atomic mass is 16.5. The first-order valence-corrected chi connectivity index (χ1v) is 6.10. The summed E-state index contributed by atoms with van der Waals surface area (Å²) in [4.78, 5) is 24.9. The Kier molecular flexibility index (Phi) is 4.21. The Morgan fingerprint density at radius 3 is 2.95 bits per heavy atom. The predicted molar refractivity (Wildman–Crippen MR) is 71.3 cm³/mol. The fourth-order valence-electron chi connectivity index (χ4n) is 2.01. The van der Waals surface area contributed by atoms with E-state index < -0.39 is 23.9 Å². The van der Waals surface area contributed by atoms with E-state index in [1.54, 1.807) is 25.2 Å². The molecule has 1 heterocycles. The molecule has 0 bridgehead atoms. The van der Waals surface area contributed by atoms with Crippen molar-refractivity contribution >= 4 is 17.1 Å². The molecule has 20 heavy (non-hydrogen) atoms. The summed E-state index contributed by atoms with van der Waals surface area (Å²) < 4.78 is 9.53. The highest BCUT2D eigenvalue weighted by Crippen LogP contribution is 2.22. The minimum Gasteiger partial charge on any atom is -0.469 e. The molecule has 2 atom stereocenters. The van der Waals surface area contributed by atoms with Crippen LogP contribution in [-0.2, 0) is 9.53 Å². The number of aliphatic hydroxyl groups is 1. The lowest BCUT2D eigenvalue weighted by Crippen LogP contribution is -2.34. The van der Waals surface area contributed by atoms with Crippen molar-refractivity contribution in [2.45, 2.75) is 18.6 Å². The molecule has 1 aromatic carbocycles. The maximum absolute atomic E-state index is 11.3. The zero-order valence-electron chi connectivity index (χ0n) is 11.2. The van der Waals surface area contributed by atoms with E-state index in [4.69, 9.17) is 4.42 Å². The van der Waals surface area contributed by atoms with Crippen LogP contribution in [0.25, 0.3) is 11.1 Å². The van der Waals surface area contributed by atoms with Gasteiger partial charge in [-0.15, -0.1) is 0 Å². The highest BCUT2D eigenvalue weighted by molar-refractivity contribution is 5.73. The molecular formula is C13H16N2O5. The zero-order valence-corrected chi connectivity index (χ0v) is 11.2. The van der Waals surface area contributed by atoms with E-state index in [1.165, 1.54) is 7.11 Å². The van der Waals surface area contributed by atoms with Gasteiger partial charge in [0.15, 0.2) is 5.58 Å². The number of aromatic nitrogens is 1. The molecule has 7 nitrogen and oxygen atoms in total. The summed E-state index contributed by atoms with van der Waals surface area (Å²) in [6.07, 6.45) is -0.896. The van der Waals surface area contributed by atoms with Gasteiger partial charge in [0.25, 0.3) is 0 Å². The molecule has 108 valence electrons. The fourth-order valence-corrected chi connectivity index (χ4v) is 2.01. The number of aliphatic hydroxyl groups excluding tert-OH is 1. The number of oxazole rings is 1. The number of likely N-dealkylation sites (N-methyl/N-ethyl adjacent to an activating group) is 1. The number of aromatic amines is 1. The SMILES string of the molecule is CNC(CC(=O)OC)C(O)c1ccc2[nH]c(=O)oc2c1. The third kappa shape index (κ3) is 2.89. The van der Waals surface area contributed by atoms with Crippen LogP contribution in [0.3, 0.4) is 0 Å². The zero-order chi connectivity index (χ0) is 14.7. The Balaban J connectivity index is 2.26. The molecule has 0 aliphatic heterocycles. The topological polar surface area (TPSA) is 105 Å². The monoisotopic (exact) mass is 280 g/mol. The Hall–Kier alpha value is -2.12. The molecule has 0 radical (unpaired) electrons. The van der Waals surface area contributed by atoms with Crippen molar-refractivity contribution in [2.75, 3.05) is 14.2 Å². The van der Waals surface area contributed by atoms with Gasteiger partial charge in [-0.25, -0.2) is 4.79 Å². The minimum absolute atomic E-state index is 0.0310. The maximum atomic E-state index is 11.3. The van der Waals surface area contributed by atoms with E-state index in [0.29, 0.717) is 16.7 Å². The molecule has 0 saturated heterocycles. The standard InChI is InChI=1S/C13H16N2O5/c1-14-9(6-11(16)19-2)12(17)7-3-4-8-10(5-7)20-13(18)15-8/h3-5,9,12,14,17H,6H2,1-2H3,(H,15,18). The lowest BCUT2D eigenvalue weighted by molar-refractivity contribution is -0.141. The van der Waals surface area contributed by atoms with Crippen molar-refractivity contribution < 1.29 is 19.1 Å². The number of fused-ring (bicyclic) bond motifs is 1. The van der Waals surface area contributed by atoms with Crippen molar-refractivity contribution in [3.05, 3.63) is 34.3 Å². The second-order valence-corrected chi connectivity index (χ2v) is 4.39. The summed E-state index contributed by atoms with van der Waals surface area (Å²) in [7, 11) is 2.94. The molecule has 0 amide bonds. The van der Waals surface area contributed by atoms with Crippen molar-refractivity contribution in [2.24, 2.45) is 0 Å². The normalized spacial score (nSPS) is 14.2. The van der Waals surface area contributed by atoms with E-state index in [2.05, 4.69) is 15.0 Å². The van der Waals surface area contributed by atoms with Crippen LogP contribution in [0, 0.1) is 0 Å². The smallest absolute Gasteiger partial charge is 0.417 e. The molecule has 2 unspecified atom stereocenters. The van der Waals surface area contributed by atoms with Crippen LogP contribution in [0.4, 0.5) is 0 Å². The van der Waals surface area contributed by atoms with E-state index in [9.17, 15) is 14.7 Å². The molecule has 0 saturated carbocycles. The van der Waals surface area contributed by atoms with Crippen molar-refractivity contribution in [1.82, 2.24) is 10.3 Å². The van der Waals surface area contributed by atoms with Gasteiger partial charge in [0, 0.05) is 6.04 Å². The van der Waals surface area contributed by atoms with Gasteiger partial charge >= 0.3 is 11.7 Å². The summed E-state index contributed by atoms with van der Waals surface area (Å²) in [6.45, 7) is 0. The Labute approximate surface area is 114 Å². The number of H-pyrrole nitrogens is 1. The molecule has 1 aromatic heterocycles. The average Bonchev–Trinajstić information content (AvgIpc) is 2.82. The summed E-state index contributed by atoms with van der Waals surface area (Å²) in [5.74, 6) is -0.968. The van der Waals surface area contributed by atoms with Crippen LogP contribution in [0.2, 0.25) is 0 Å². The predicted octanol–water partition coefficient (Wildman–Crippen LogP) is 0.306. The number of hydrogen-bond acceptors (Lipinski definition) is 6. The van der Waals surface area contributed by atoms with Crippen molar-refractivity contribution in [3.8, 4) is 0 Å². The van der Waals surface area contributed by atoms with Gasteiger partial charge in [-0.2, -0.15) is 0 Å². The van der Waals surface area contributed by atoms with E-state index in [1.807, 2.05) is 0 Å². The number of hydrogen-bond donors (Lipinski definition) is 3. The van der Waals surface area contributed by atoms with Gasteiger partial charge in [-0.05, 0) is 24.7 Å². The molecule has 0 aliphatic rings. The summed E-state index contributed by atoms with van der Waals surface area (Å²) in [6, 6.07) is 4.38. The van der Waals surface area contributed by atoms with Crippen molar-refractivity contribution in [1.29, 1.82) is 0 Å². The lowest BCUT2D eigenvalue weighted by Gasteiger charge is -2.21. The molecule has 0 aliphatic carbocycles. The second kappa shape index (κ2) is 5.89. The molecule has 7 heteroatoms. The van der Waals surface area contributed by atoms with Crippen LogP contribution >= 0.6 is 0 Å². The minimum atomic E-state index is -0.927. The number of nitrogens with one attached hydrogen (secondary N) is 2. The summed E-state index contributed by atoms with van der Waals surface area (Å²) in [5, 5.41) is 13.2. The number of carbonyl (C=O) groups is 1. The number of esters is 1. The molecule has 2 rings (SSSR count). The molecule has 0 fully saturated rings. The number of carbonyl (C=O) groups excluding carboxylic acids is 1. The van der Waals surface area contributed by atoms with E-state index in [0.717, 1.165) is 0 Å². The Morgan fingerprint density at radius 2 is 2.30 bits per heavy atom. The largest absolute Gasteiger partial charge is 0.469 e. The highest BCUT2D eigenvalue weighted by Gasteiger charge is 2.23. The van der Waals surface area contributed by atoms with E-state index >= 15 is 0 Å². The van der Waals surface area contributed by atoms with Crippen LogP contribution in [0.1, 0.15) is 18.1 Å². The molecule has 0 spiro atoms. The van der Waals surface area contributed by atoms with Crippen LogP contribution in [0.15, 0.2) is 27.4 Å². The third-order valence-electron chi connectivity index (χ3n) is 3.15. The van der Waals surface area contributed by atoms with Gasteiger partial charge in [-0.1, -0.05) is 6.07 Å². The molecule has 2 aromatic rings. The van der Waals surface area contributed by atoms with Crippen LogP contribution < -0.4 is 11.1 Å². The number of rotatable bonds is 5. The lowest BCUT2D eigenvalue weighted by atomic mass is 9.99. The molecular weight excluding hydrogens is 264 g/mol. The van der Waals surface area contributed by atoms with Crippen LogP contribution in [0.5, 0.6) is 0 Å². The third-order valence-corrected chi connectivity index (χ3v) is 3.15. The first-order valence-electron chi connectivity index (χ1n) is 6.10. The Bertz CT molecular complexity index is 660. The Morgan fingerprint density at radius 1 is 1.55 bits per heavy atom.